The van der Waals surface area contributed by atoms with Crippen LogP contribution in [0, 0.1) is 0 Å². The molecular formula is C63H65N3O13S3. The van der Waals surface area contributed by atoms with E-state index in [2.05, 4.69) is 14.2 Å². The fourth-order valence-corrected chi connectivity index (χ4v) is 12.1. The lowest BCUT2D eigenvalue weighted by Crippen LogP contribution is -2.16. The number of unbranched alkanes of at least 4 members (excludes halogenated alkanes) is 1. The van der Waals surface area contributed by atoms with Gasteiger partial charge in [0.2, 0.25) is 20.0 Å². The highest BCUT2D eigenvalue weighted by Crippen LogP contribution is 2.23. The van der Waals surface area contributed by atoms with E-state index < -0.39 is 48.0 Å². The topological polar surface area (TPSA) is 260 Å². The van der Waals surface area contributed by atoms with Crippen LogP contribution in [0.15, 0.2) is 205 Å². The molecule has 8 aromatic carbocycles. The molecule has 82 heavy (non-hydrogen) atoms. The maximum atomic E-state index is 12.6. The number of hydrogen-bond acceptors (Lipinski definition) is 10. The first-order valence-corrected chi connectivity index (χ1v) is 30.9. The number of sulfonamides is 3. The summed E-state index contributed by atoms with van der Waals surface area (Å²) in [6, 6.07) is 57.3. The Labute approximate surface area is 479 Å². The van der Waals surface area contributed by atoms with E-state index in [0.29, 0.717) is 78.9 Å². The molecule has 0 bridgehead atoms. The zero-order chi connectivity index (χ0) is 59.1. The van der Waals surface area contributed by atoms with Crippen molar-refractivity contribution < 1.29 is 59.7 Å². The van der Waals surface area contributed by atoms with Crippen molar-refractivity contribution in [2.45, 2.75) is 68.9 Å². The number of nitrogens with one attached hydrogen (secondary N) is 3. The van der Waals surface area contributed by atoms with Gasteiger partial charge < -0.3 is 20.1 Å². The van der Waals surface area contributed by atoms with Crippen LogP contribution in [-0.4, -0.2) is 71.3 Å². The summed E-state index contributed by atoms with van der Waals surface area (Å²) in [7, 11) is -9.05. The van der Waals surface area contributed by atoms with E-state index in [9.17, 15) is 55.0 Å². The Kier molecular flexibility index (Phi) is 23.0. The van der Waals surface area contributed by atoms with Crippen LogP contribution < -0.4 is 18.9 Å². The molecule has 0 saturated carbocycles. The van der Waals surface area contributed by atoms with E-state index >= 15 is 0 Å². The maximum absolute atomic E-state index is 12.6. The molecule has 8 aromatic rings. The largest absolute Gasteiger partial charge is 0.497 e. The summed E-state index contributed by atoms with van der Waals surface area (Å²) in [6.07, 6.45) is 4.95. The van der Waals surface area contributed by atoms with E-state index in [1.807, 2.05) is 43.3 Å². The second kappa shape index (κ2) is 30.2. The zero-order valence-corrected chi connectivity index (χ0v) is 47.7. The van der Waals surface area contributed by atoms with Gasteiger partial charge in [-0.1, -0.05) is 135 Å². The third kappa shape index (κ3) is 20.1. The zero-order valence-electron chi connectivity index (χ0n) is 45.3. The third-order valence-corrected chi connectivity index (χ3v) is 16.7. The van der Waals surface area contributed by atoms with Crippen molar-refractivity contribution >= 4 is 65.0 Å². The summed E-state index contributed by atoms with van der Waals surface area (Å²) in [5.41, 5.74) is 8.14. The molecule has 0 unspecified atom stereocenters. The van der Waals surface area contributed by atoms with Crippen LogP contribution in [0.1, 0.15) is 89.8 Å². The number of hydrogen-bond donors (Lipinski definition) is 6. The van der Waals surface area contributed by atoms with Gasteiger partial charge in [0, 0.05) is 17.1 Å². The Morgan fingerprint density at radius 2 is 0.780 bits per heavy atom. The molecule has 428 valence electrons. The number of anilines is 3. The molecule has 0 aliphatic heterocycles. The Balaban J connectivity index is 0.000000198. The molecule has 0 heterocycles. The van der Waals surface area contributed by atoms with E-state index in [0.717, 1.165) is 45.4 Å². The number of methoxy groups -OCH3 is 1. The second-order valence-corrected chi connectivity index (χ2v) is 24.1. The van der Waals surface area contributed by atoms with Crippen LogP contribution in [0.5, 0.6) is 5.75 Å². The third-order valence-electron chi connectivity index (χ3n) is 12.7. The monoisotopic (exact) mass is 1170 g/mol. The average molecular weight is 1170 g/mol. The van der Waals surface area contributed by atoms with Crippen molar-refractivity contribution in [3.63, 3.8) is 0 Å². The first-order chi connectivity index (χ1) is 39.2. The van der Waals surface area contributed by atoms with Crippen LogP contribution in [0.3, 0.4) is 0 Å². The highest BCUT2D eigenvalue weighted by Gasteiger charge is 2.17. The Morgan fingerprint density at radius 3 is 1.17 bits per heavy atom. The minimum Gasteiger partial charge on any atom is -0.497 e. The van der Waals surface area contributed by atoms with Crippen LogP contribution in [0.4, 0.5) is 17.1 Å². The van der Waals surface area contributed by atoms with Crippen molar-refractivity contribution in [3.8, 4) is 5.75 Å². The molecule has 0 aliphatic rings. The summed E-state index contributed by atoms with van der Waals surface area (Å²) in [6.45, 7) is 1.95. The first-order valence-electron chi connectivity index (χ1n) is 26.1. The molecule has 0 radical (unpaired) electrons. The summed E-state index contributed by atoms with van der Waals surface area (Å²) in [4.78, 5) is 34.0. The second-order valence-electron chi connectivity index (χ2n) is 18.9. The van der Waals surface area contributed by atoms with Crippen LogP contribution in [0.2, 0.25) is 0 Å². The van der Waals surface area contributed by atoms with E-state index in [1.54, 1.807) is 152 Å². The molecule has 0 aliphatic carbocycles. The number of carboxylic acids is 3. The highest BCUT2D eigenvalue weighted by molar-refractivity contribution is 7.93. The minimum atomic E-state index is -3.72. The molecule has 0 aromatic heterocycles. The molecule has 16 nitrogen and oxygen atoms in total. The summed E-state index contributed by atoms with van der Waals surface area (Å²) in [5.74, 6) is -2.25. The van der Waals surface area contributed by atoms with Gasteiger partial charge in [0.05, 0.1) is 40.2 Å². The van der Waals surface area contributed by atoms with Gasteiger partial charge in [-0.3, -0.25) is 14.2 Å². The number of aromatic carboxylic acids is 3. The molecule has 8 rings (SSSR count). The minimum absolute atomic E-state index is 0.0932. The van der Waals surface area contributed by atoms with Crippen LogP contribution in [-0.2, 0) is 74.3 Å². The van der Waals surface area contributed by atoms with E-state index in [1.165, 1.54) is 19.2 Å². The molecular weight excluding hydrogens is 1100 g/mol. The Hall–Kier alpha value is -8.78. The molecule has 0 spiro atoms. The fourth-order valence-electron chi connectivity index (χ4n) is 8.59. The highest BCUT2D eigenvalue weighted by atomic mass is 32.2. The molecule has 6 N–H and O–H groups in total. The molecule has 0 amide bonds. The molecule has 0 atom stereocenters. The van der Waals surface area contributed by atoms with Gasteiger partial charge in [0.25, 0.3) is 10.0 Å². The normalized spacial score (nSPS) is 11.1. The lowest BCUT2D eigenvalue weighted by molar-refractivity contribution is 0.0684. The van der Waals surface area contributed by atoms with Gasteiger partial charge in [0.1, 0.15) is 5.75 Å². The lowest BCUT2D eigenvalue weighted by Gasteiger charge is -2.11. The van der Waals surface area contributed by atoms with Crippen molar-refractivity contribution in [2.75, 3.05) is 27.0 Å². The molecule has 19 heteroatoms. The van der Waals surface area contributed by atoms with E-state index in [-0.39, 0.29) is 22.0 Å². The number of ether oxygens (including phenoxy) is 1. The fraction of sp³-hybridized carbons (Fsp3) is 0.190. The SMILES string of the molecule is CCCCS(=O)(=O)Nc1cccc(CCc2ccccc2C(=O)O)c1.COc1ccc(S(=O)(=O)Nc2cccc(CCc3ccccc3C(=O)O)c2)cc1.O=C(O)c1ccccc1CCc1cccc(NS(=O)(=O)Cc2ccccc2)c1. The van der Waals surface area contributed by atoms with Crippen LogP contribution >= 0.6 is 0 Å². The Morgan fingerprint density at radius 1 is 0.415 bits per heavy atom. The van der Waals surface area contributed by atoms with Crippen molar-refractivity contribution in [2.24, 2.45) is 0 Å². The van der Waals surface area contributed by atoms with Crippen molar-refractivity contribution in [3.05, 3.63) is 256 Å². The van der Waals surface area contributed by atoms with E-state index in [4.69, 9.17) is 4.74 Å². The lowest BCUT2D eigenvalue weighted by atomic mass is 10.00. The number of aryl methyl sites for hydroxylation is 6. The van der Waals surface area contributed by atoms with Crippen molar-refractivity contribution in [1.82, 2.24) is 0 Å². The van der Waals surface area contributed by atoms with Gasteiger partial charge in [-0.2, -0.15) is 0 Å². The maximum Gasteiger partial charge on any atom is 0.335 e. The number of rotatable bonds is 25. The predicted molar refractivity (Wildman–Crippen MR) is 321 cm³/mol. The predicted octanol–water partition coefficient (Wildman–Crippen LogP) is 11.8. The smallest absolute Gasteiger partial charge is 0.335 e. The quantitative estimate of drug-likeness (QED) is 0.0311. The van der Waals surface area contributed by atoms with Crippen molar-refractivity contribution in [1.29, 1.82) is 0 Å². The number of carbonyl (C=O) groups is 3. The summed E-state index contributed by atoms with van der Waals surface area (Å²) >= 11 is 0. The Bertz CT molecular complexity index is 3780. The standard InChI is InChI=1S/C22H21NO5S.C22H21NO4S.C19H23NO4S/c1-28-19-11-13-20(14-12-19)29(26,27)23-18-7-4-5-16(15-18)9-10-17-6-2-3-8-21(17)22(24)25;24-22(25)21-12-5-4-10-19(21)14-13-17-9-6-11-20(15-17)23-28(26,27)16-18-7-2-1-3-8-18;1-2-3-13-25(23,24)20-17-9-6-7-15(14-17)11-12-16-8-4-5-10-18(16)19(21)22/h2-8,11-15,23H,9-10H2,1H3,(H,24,25);1-12,15,23H,13-14,16H2,(H,24,25);4-10,14,20H,2-3,11-13H2,1H3,(H,21,22). The van der Waals surface area contributed by atoms with Crippen LogP contribution in [0.25, 0.3) is 0 Å². The van der Waals surface area contributed by atoms with Gasteiger partial charge >= 0.3 is 17.9 Å². The van der Waals surface area contributed by atoms with Gasteiger partial charge in [-0.25, -0.2) is 39.6 Å². The van der Waals surface area contributed by atoms with Gasteiger partial charge in [-0.15, -0.1) is 0 Å². The van der Waals surface area contributed by atoms with Gasteiger partial charge in [-0.05, 0) is 163 Å². The average Bonchev–Trinajstić information content (AvgIpc) is 3.58. The van der Waals surface area contributed by atoms with Gasteiger partial charge in [0.15, 0.2) is 0 Å². The number of benzene rings is 8. The first kappa shape index (κ1) is 62.4. The number of carboxylic acid groups (broad SMARTS) is 3. The summed E-state index contributed by atoms with van der Waals surface area (Å²) in [5, 5.41) is 27.8. The summed E-state index contributed by atoms with van der Waals surface area (Å²) < 4.78 is 86.8. The molecule has 0 saturated heterocycles. The molecule has 0 fully saturated rings.